The fourth-order valence-electron chi connectivity index (χ4n) is 3.54. The Hall–Kier alpha value is -2.17. The molecule has 1 aromatic carbocycles. The van der Waals surface area contributed by atoms with Crippen LogP contribution in [0.3, 0.4) is 0 Å². The highest BCUT2D eigenvalue weighted by Crippen LogP contribution is 2.33. The SMILES string of the molecule is CCCCCCCCOc1ccc2c(O)c(OCCCC)c(=O)n(CCCC)c2c1. The van der Waals surface area contributed by atoms with Crippen LogP contribution in [0.2, 0.25) is 0 Å². The van der Waals surface area contributed by atoms with Crippen molar-refractivity contribution >= 4 is 10.9 Å². The molecule has 0 radical (unpaired) electrons. The van der Waals surface area contributed by atoms with Gasteiger partial charge in [0.2, 0.25) is 5.75 Å². The summed E-state index contributed by atoms with van der Waals surface area (Å²) in [6, 6.07) is 5.57. The monoisotopic (exact) mass is 417 g/mol. The second kappa shape index (κ2) is 13.2. The van der Waals surface area contributed by atoms with Gasteiger partial charge in [0.05, 0.1) is 18.7 Å². The van der Waals surface area contributed by atoms with E-state index in [-0.39, 0.29) is 17.1 Å². The lowest BCUT2D eigenvalue weighted by Gasteiger charge is -2.16. The average molecular weight is 418 g/mol. The van der Waals surface area contributed by atoms with E-state index in [2.05, 4.69) is 20.8 Å². The Morgan fingerprint density at radius 1 is 0.833 bits per heavy atom. The number of aryl methyl sites for hydroxylation is 1. The van der Waals surface area contributed by atoms with Crippen LogP contribution in [-0.4, -0.2) is 22.9 Å². The molecule has 0 aliphatic heterocycles. The minimum absolute atomic E-state index is 0.0628. The molecule has 1 N–H and O–H groups in total. The highest BCUT2D eigenvalue weighted by molar-refractivity contribution is 5.88. The van der Waals surface area contributed by atoms with Crippen LogP contribution in [0, 0.1) is 0 Å². The zero-order valence-corrected chi connectivity index (χ0v) is 19.0. The molecule has 0 bridgehead atoms. The van der Waals surface area contributed by atoms with E-state index >= 15 is 0 Å². The average Bonchev–Trinajstić information content (AvgIpc) is 2.75. The molecule has 0 spiro atoms. The summed E-state index contributed by atoms with van der Waals surface area (Å²) in [5.41, 5.74) is 0.437. The van der Waals surface area contributed by atoms with Gasteiger partial charge in [0.1, 0.15) is 5.75 Å². The van der Waals surface area contributed by atoms with Crippen LogP contribution >= 0.6 is 0 Å². The van der Waals surface area contributed by atoms with Gasteiger partial charge in [-0.25, -0.2) is 0 Å². The molecule has 2 rings (SSSR count). The van der Waals surface area contributed by atoms with Gasteiger partial charge in [-0.2, -0.15) is 0 Å². The zero-order valence-electron chi connectivity index (χ0n) is 19.0. The third kappa shape index (κ3) is 6.68. The maximum Gasteiger partial charge on any atom is 0.297 e. The summed E-state index contributed by atoms with van der Waals surface area (Å²) < 4.78 is 13.3. The number of aromatic nitrogens is 1. The predicted octanol–water partition coefficient (Wildman–Crippen LogP) is 6.43. The van der Waals surface area contributed by atoms with E-state index in [9.17, 15) is 9.90 Å². The standard InChI is InChI=1S/C25H39NO4/c1-4-7-10-11-12-13-18-29-20-14-15-21-22(19-20)26(16-8-5-2)25(28)24(23(21)27)30-17-9-6-3/h14-15,19,27H,4-13,16-18H2,1-3H3. The van der Waals surface area contributed by atoms with Gasteiger partial charge < -0.3 is 19.1 Å². The molecule has 1 aromatic heterocycles. The van der Waals surface area contributed by atoms with Crippen molar-refractivity contribution in [2.75, 3.05) is 13.2 Å². The van der Waals surface area contributed by atoms with E-state index in [4.69, 9.17) is 9.47 Å². The Balaban J connectivity index is 2.20. The summed E-state index contributed by atoms with van der Waals surface area (Å²) in [6.45, 7) is 8.08. The summed E-state index contributed by atoms with van der Waals surface area (Å²) in [5, 5.41) is 11.3. The van der Waals surface area contributed by atoms with Crippen molar-refractivity contribution in [3.63, 3.8) is 0 Å². The third-order valence-corrected chi connectivity index (χ3v) is 5.42. The Labute approximate surface area is 181 Å². The molecule has 0 aliphatic rings. The van der Waals surface area contributed by atoms with E-state index in [1.807, 2.05) is 18.2 Å². The Morgan fingerprint density at radius 2 is 1.50 bits per heavy atom. The number of nitrogens with zero attached hydrogens (tertiary/aromatic N) is 1. The zero-order chi connectivity index (χ0) is 21.8. The Kier molecular flexibility index (Phi) is 10.6. The fourth-order valence-corrected chi connectivity index (χ4v) is 3.54. The van der Waals surface area contributed by atoms with Gasteiger partial charge in [-0.1, -0.05) is 65.7 Å². The number of unbranched alkanes of at least 4 members (excludes halogenated alkanes) is 7. The fraction of sp³-hybridized carbons (Fsp3) is 0.640. The number of aromatic hydroxyl groups is 1. The maximum absolute atomic E-state index is 13.0. The van der Waals surface area contributed by atoms with Gasteiger partial charge in [0, 0.05) is 18.0 Å². The largest absolute Gasteiger partial charge is 0.504 e. The molecule has 1 heterocycles. The number of hydrogen-bond donors (Lipinski definition) is 1. The van der Waals surface area contributed by atoms with Crippen LogP contribution in [0.5, 0.6) is 17.2 Å². The van der Waals surface area contributed by atoms with E-state index in [1.54, 1.807) is 4.57 Å². The number of hydrogen-bond acceptors (Lipinski definition) is 4. The van der Waals surface area contributed by atoms with Crippen LogP contribution in [0.1, 0.15) is 85.0 Å². The van der Waals surface area contributed by atoms with Crippen molar-refractivity contribution in [2.24, 2.45) is 0 Å². The van der Waals surface area contributed by atoms with Gasteiger partial charge in [-0.15, -0.1) is 0 Å². The highest BCUT2D eigenvalue weighted by Gasteiger charge is 2.18. The van der Waals surface area contributed by atoms with Gasteiger partial charge in [-0.05, 0) is 31.4 Å². The molecule has 5 nitrogen and oxygen atoms in total. The number of rotatable bonds is 15. The Bertz CT molecular complexity index is 828. The van der Waals surface area contributed by atoms with Crippen molar-refractivity contribution in [1.82, 2.24) is 4.57 Å². The smallest absolute Gasteiger partial charge is 0.297 e. The molecular weight excluding hydrogens is 378 g/mol. The normalized spacial score (nSPS) is 11.2. The van der Waals surface area contributed by atoms with Crippen LogP contribution < -0.4 is 15.0 Å². The van der Waals surface area contributed by atoms with Crippen molar-refractivity contribution in [2.45, 2.75) is 91.5 Å². The molecule has 0 saturated carbocycles. The van der Waals surface area contributed by atoms with Crippen molar-refractivity contribution in [1.29, 1.82) is 0 Å². The summed E-state index contributed by atoms with van der Waals surface area (Å²) in [4.78, 5) is 13.0. The van der Waals surface area contributed by atoms with Crippen LogP contribution in [0.25, 0.3) is 10.9 Å². The van der Waals surface area contributed by atoms with Crippen LogP contribution in [0.4, 0.5) is 0 Å². The topological polar surface area (TPSA) is 60.7 Å². The second-order valence-electron chi connectivity index (χ2n) is 7.99. The lowest BCUT2D eigenvalue weighted by atomic mass is 10.1. The number of fused-ring (bicyclic) bond motifs is 1. The summed E-state index contributed by atoms with van der Waals surface area (Å²) in [7, 11) is 0. The molecule has 0 fully saturated rings. The molecule has 2 aromatic rings. The lowest BCUT2D eigenvalue weighted by Crippen LogP contribution is -2.23. The van der Waals surface area contributed by atoms with Gasteiger partial charge in [0.15, 0.2) is 5.75 Å². The number of pyridine rings is 1. The highest BCUT2D eigenvalue weighted by atomic mass is 16.5. The second-order valence-corrected chi connectivity index (χ2v) is 7.99. The molecule has 168 valence electrons. The summed E-state index contributed by atoms with van der Waals surface area (Å²) in [5.74, 6) is 0.730. The van der Waals surface area contributed by atoms with Crippen molar-refractivity contribution < 1.29 is 14.6 Å². The quantitative estimate of drug-likeness (QED) is 0.339. The van der Waals surface area contributed by atoms with Gasteiger partial charge in [-0.3, -0.25) is 4.79 Å². The first-order valence-corrected chi connectivity index (χ1v) is 11.8. The molecular formula is C25H39NO4. The van der Waals surface area contributed by atoms with Gasteiger partial charge >= 0.3 is 0 Å². The number of benzene rings is 1. The predicted molar refractivity (Wildman–Crippen MR) is 124 cm³/mol. The maximum atomic E-state index is 13.0. The molecule has 0 aliphatic carbocycles. The molecule has 0 unspecified atom stereocenters. The van der Waals surface area contributed by atoms with Crippen molar-refractivity contribution in [3.05, 3.63) is 28.6 Å². The molecule has 0 saturated heterocycles. The minimum atomic E-state index is -0.266. The first kappa shape index (κ1) is 24.1. The van der Waals surface area contributed by atoms with E-state index < -0.39 is 0 Å². The van der Waals surface area contributed by atoms with E-state index in [0.717, 1.165) is 37.9 Å². The van der Waals surface area contributed by atoms with E-state index in [0.29, 0.717) is 30.7 Å². The summed E-state index contributed by atoms with van der Waals surface area (Å²) in [6.07, 6.45) is 11.0. The van der Waals surface area contributed by atoms with E-state index in [1.165, 1.54) is 32.1 Å². The van der Waals surface area contributed by atoms with Gasteiger partial charge in [0.25, 0.3) is 5.56 Å². The van der Waals surface area contributed by atoms with Crippen molar-refractivity contribution in [3.8, 4) is 17.2 Å². The molecule has 0 amide bonds. The summed E-state index contributed by atoms with van der Waals surface area (Å²) >= 11 is 0. The van der Waals surface area contributed by atoms with Crippen LogP contribution in [-0.2, 0) is 6.54 Å². The third-order valence-electron chi connectivity index (χ3n) is 5.42. The Morgan fingerprint density at radius 3 is 2.23 bits per heavy atom. The molecule has 30 heavy (non-hydrogen) atoms. The molecule has 0 atom stereocenters. The molecule has 5 heteroatoms. The lowest BCUT2D eigenvalue weighted by molar-refractivity contribution is 0.287. The minimum Gasteiger partial charge on any atom is -0.504 e. The van der Waals surface area contributed by atoms with Crippen LogP contribution in [0.15, 0.2) is 23.0 Å². The number of ether oxygens (including phenoxy) is 2. The first-order chi connectivity index (χ1) is 14.6. The first-order valence-electron chi connectivity index (χ1n) is 11.8.